The number of phenolic OH excluding ortho intramolecular Hbond substituents is 1. The first kappa shape index (κ1) is 15.4. The van der Waals surface area contributed by atoms with E-state index in [1.165, 1.54) is 17.3 Å². The monoisotopic (exact) mass is 324 g/mol. The molecule has 0 aromatic heterocycles. The first-order chi connectivity index (χ1) is 11.1. The number of nitrogens with one attached hydrogen (secondary N) is 1. The predicted octanol–water partition coefficient (Wildman–Crippen LogP) is 3.85. The number of thioether (sulfide) groups is 1. The number of amidine groups is 1. The van der Waals surface area contributed by atoms with Crippen LogP contribution in [0.2, 0.25) is 0 Å². The standard InChI is InChI=1S/C18H16N2O2S/c1-2-12-3-5-13(6-4-12)11-16-17(22)20-18(23-16)19-14-7-9-15(21)10-8-14/h3-11,21H,2H2,1H3,(H,19,20,22)/b16-11+. The summed E-state index contributed by atoms with van der Waals surface area (Å²) in [6.07, 6.45) is 2.86. The summed E-state index contributed by atoms with van der Waals surface area (Å²) in [7, 11) is 0. The normalized spacial score (nSPS) is 17.7. The highest BCUT2D eigenvalue weighted by atomic mass is 32.2. The number of phenols is 1. The number of benzene rings is 2. The summed E-state index contributed by atoms with van der Waals surface area (Å²) in [4.78, 5) is 17.0. The van der Waals surface area contributed by atoms with Crippen LogP contribution < -0.4 is 5.32 Å². The van der Waals surface area contributed by atoms with Gasteiger partial charge in [-0.25, -0.2) is 4.99 Å². The third-order valence-corrected chi connectivity index (χ3v) is 4.33. The Balaban J connectivity index is 1.78. The molecule has 23 heavy (non-hydrogen) atoms. The van der Waals surface area contributed by atoms with Crippen molar-refractivity contribution in [3.05, 3.63) is 64.6 Å². The molecule has 116 valence electrons. The van der Waals surface area contributed by atoms with E-state index in [4.69, 9.17) is 0 Å². The van der Waals surface area contributed by atoms with Crippen LogP contribution >= 0.6 is 11.8 Å². The van der Waals surface area contributed by atoms with Crippen LogP contribution in [0.3, 0.4) is 0 Å². The number of nitrogens with zero attached hydrogens (tertiary/aromatic N) is 1. The molecule has 5 heteroatoms. The summed E-state index contributed by atoms with van der Waals surface area (Å²) in [5.74, 6) is 0.0419. The minimum absolute atomic E-state index is 0.146. The van der Waals surface area contributed by atoms with E-state index >= 15 is 0 Å². The maximum atomic E-state index is 12.0. The van der Waals surface area contributed by atoms with Gasteiger partial charge in [0.15, 0.2) is 5.17 Å². The molecule has 1 aliphatic rings. The molecule has 0 saturated carbocycles. The molecule has 2 N–H and O–H groups in total. The number of aromatic hydroxyl groups is 1. The number of carbonyl (C=O) groups excluding carboxylic acids is 1. The van der Waals surface area contributed by atoms with Crippen molar-refractivity contribution in [2.45, 2.75) is 13.3 Å². The fourth-order valence-electron chi connectivity index (χ4n) is 2.13. The van der Waals surface area contributed by atoms with Crippen LogP contribution in [0.25, 0.3) is 6.08 Å². The van der Waals surface area contributed by atoms with E-state index in [1.807, 2.05) is 18.2 Å². The van der Waals surface area contributed by atoms with Crippen LogP contribution in [0.1, 0.15) is 18.1 Å². The summed E-state index contributed by atoms with van der Waals surface area (Å²) in [5.41, 5.74) is 2.94. The second-order valence-corrected chi connectivity index (χ2v) is 6.12. The van der Waals surface area contributed by atoms with Gasteiger partial charge >= 0.3 is 0 Å². The van der Waals surface area contributed by atoms with E-state index in [1.54, 1.807) is 24.3 Å². The topological polar surface area (TPSA) is 61.7 Å². The van der Waals surface area contributed by atoms with E-state index < -0.39 is 0 Å². The number of hydrogen-bond donors (Lipinski definition) is 2. The lowest BCUT2D eigenvalue weighted by molar-refractivity contribution is -0.115. The smallest absolute Gasteiger partial charge is 0.264 e. The Bertz CT molecular complexity index is 778. The Labute approximate surface area is 139 Å². The van der Waals surface area contributed by atoms with Gasteiger partial charge in [-0.3, -0.25) is 4.79 Å². The molecular formula is C18H16N2O2S. The number of rotatable bonds is 3. The zero-order valence-electron chi connectivity index (χ0n) is 12.6. The van der Waals surface area contributed by atoms with Gasteiger partial charge in [-0.05, 0) is 59.7 Å². The summed E-state index contributed by atoms with van der Waals surface area (Å²) in [6.45, 7) is 2.11. The molecule has 3 rings (SSSR count). The molecule has 0 aliphatic carbocycles. The maximum absolute atomic E-state index is 12.0. The predicted molar refractivity (Wildman–Crippen MR) is 94.7 cm³/mol. The maximum Gasteiger partial charge on any atom is 0.264 e. The van der Waals surface area contributed by atoms with E-state index in [2.05, 4.69) is 29.4 Å². The summed E-state index contributed by atoms with van der Waals surface area (Å²) < 4.78 is 0. The van der Waals surface area contributed by atoms with Crippen LogP contribution in [-0.4, -0.2) is 16.2 Å². The average molecular weight is 324 g/mol. The minimum Gasteiger partial charge on any atom is -0.508 e. The first-order valence-electron chi connectivity index (χ1n) is 7.31. The van der Waals surface area contributed by atoms with Crippen LogP contribution in [0.4, 0.5) is 5.69 Å². The molecule has 1 fully saturated rings. The fraction of sp³-hybridized carbons (Fsp3) is 0.111. The Morgan fingerprint density at radius 1 is 1.13 bits per heavy atom. The van der Waals surface area contributed by atoms with Crippen molar-refractivity contribution in [1.82, 2.24) is 5.32 Å². The highest BCUT2D eigenvalue weighted by Crippen LogP contribution is 2.28. The van der Waals surface area contributed by atoms with Gasteiger partial charge in [0.2, 0.25) is 0 Å². The molecule has 1 aliphatic heterocycles. The Kier molecular flexibility index (Phi) is 4.48. The van der Waals surface area contributed by atoms with Gasteiger partial charge in [0, 0.05) is 0 Å². The van der Waals surface area contributed by atoms with Gasteiger partial charge in [-0.15, -0.1) is 0 Å². The Morgan fingerprint density at radius 3 is 2.48 bits per heavy atom. The van der Waals surface area contributed by atoms with Gasteiger partial charge in [0.05, 0.1) is 10.6 Å². The highest BCUT2D eigenvalue weighted by Gasteiger charge is 2.23. The third-order valence-electron chi connectivity index (χ3n) is 3.42. The summed E-state index contributed by atoms with van der Waals surface area (Å²) in [6, 6.07) is 14.7. The molecule has 0 unspecified atom stereocenters. The third kappa shape index (κ3) is 3.81. The second-order valence-electron chi connectivity index (χ2n) is 5.09. The van der Waals surface area contributed by atoms with Crippen LogP contribution in [0, 0.1) is 0 Å². The molecule has 4 nitrogen and oxygen atoms in total. The molecule has 0 radical (unpaired) electrons. The molecule has 0 atom stereocenters. The van der Waals surface area contributed by atoms with Gasteiger partial charge in [-0.1, -0.05) is 31.2 Å². The average Bonchev–Trinajstić information content (AvgIpc) is 2.90. The molecule has 0 bridgehead atoms. The minimum atomic E-state index is -0.146. The van der Waals surface area contributed by atoms with Gasteiger partial charge in [0.1, 0.15) is 5.75 Å². The van der Waals surface area contributed by atoms with E-state index in [0.29, 0.717) is 15.8 Å². The zero-order chi connectivity index (χ0) is 16.2. The van der Waals surface area contributed by atoms with Gasteiger partial charge in [0.25, 0.3) is 5.91 Å². The van der Waals surface area contributed by atoms with E-state index in [0.717, 1.165) is 12.0 Å². The van der Waals surface area contributed by atoms with Crippen molar-refractivity contribution in [1.29, 1.82) is 0 Å². The molecular weight excluding hydrogens is 308 g/mol. The molecule has 1 saturated heterocycles. The van der Waals surface area contributed by atoms with Crippen LogP contribution in [-0.2, 0) is 11.2 Å². The Hall–Kier alpha value is -2.53. The van der Waals surface area contributed by atoms with E-state index in [-0.39, 0.29) is 11.7 Å². The van der Waals surface area contributed by atoms with Crippen molar-refractivity contribution in [3.63, 3.8) is 0 Å². The molecule has 2 aromatic rings. The number of carbonyl (C=O) groups is 1. The summed E-state index contributed by atoms with van der Waals surface area (Å²) in [5, 5.41) is 12.6. The molecule has 1 amide bonds. The largest absolute Gasteiger partial charge is 0.508 e. The lowest BCUT2D eigenvalue weighted by Gasteiger charge is -1.98. The van der Waals surface area contributed by atoms with Crippen LogP contribution in [0.5, 0.6) is 5.75 Å². The summed E-state index contributed by atoms with van der Waals surface area (Å²) >= 11 is 1.31. The molecule has 0 spiro atoms. The molecule has 1 heterocycles. The van der Waals surface area contributed by atoms with Gasteiger partial charge < -0.3 is 10.4 Å². The molecule has 2 aromatic carbocycles. The lowest BCUT2D eigenvalue weighted by Crippen LogP contribution is -2.19. The number of aliphatic imine (C=N–C) groups is 1. The van der Waals surface area contributed by atoms with Crippen molar-refractivity contribution in [3.8, 4) is 5.75 Å². The van der Waals surface area contributed by atoms with Crippen molar-refractivity contribution in [2.24, 2.45) is 4.99 Å². The fourth-order valence-corrected chi connectivity index (χ4v) is 2.97. The quantitative estimate of drug-likeness (QED) is 0.843. The second kappa shape index (κ2) is 6.71. The lowest BCUT2D eigenvalue weighted by atomic mass is 10.1. The highest BCUT2D eigenvalue weighted by molar-refractivity contribution is 8.18. The zero-order valence-corrected chi connectivity index (χ0v) is 13.4. The number of aryl methyl sites for hydroxylation is 1. The number of amides is 1. The van der Waals surface area contributed by atoms with E-state index in [9.17, 15) is 9.90 Å². The van der Waals surface area contributed by atoms with Gasteiger partial charge in [-0.2, -0.15) is 0 Å². The van der Waals surface area contributed by atoms with Crippen LogP contribution in [0.15, 0.2) is 58.4 Å². The van der Waals surface area contributed by atoms with Crippen molar-refractivity contribution >= 4 is 34.6 Å². The SMILES string of the molecule is CCc1ccc(/C=C2/SC(=Nc3ccc(O)cc3)NC2=O)cc1. The number of hydrogen-bond acceptors (Lipinski definition) is 4. The van der Waals surface area contributed by atoms with Crippen molar-refractivity contribution < 1.29 is 9.90 Å². The Morgan fingerprint density at radius 2 is 1.83 bits per heavy atom. The first-order valence-corrected chi connectivity index (χ1v) is 8.13. The van der Waals surface area contributed by atoms with Crippen molar-refractivity contribution in [2.75, 3.05) is 0 Å².